The first-order chi connectivity index (χ1) is 8.55. The number of nitrogens with one attached hydrogen (secondary N) is 1. The van der Waals surface area contributed by atoms with Gasteiger partial charge in [-0.2, -0.15) is 0 Å². The van der Waals surface area contributed by atoms with E-state index in [0.29, 0.717) is 5.41 Å². The van der Waals surface area contributed by atoms with Gasteiger partial charge in [0.15, 0.2) is 0 Å². The van der Waals surface area contributed by atoms with E-state index in [-0.39, 0.29) is 5.60 Å². The fraction of sp³-hybridized carbons (Fsp3) is 1.00. The number of ether oxygens (including phenoxy) is 2. The van der Waals surface area contributed by atoms with E-state index < -0.39 is 0 Å². The summed E-state index contributed by atoms with van der Waals surface area (Å²) in [5.41, 5.74) is 0.334. The van der Waals surface area contributed by atoms with Gasteiger partial charge in [0.2, 0.25) is 0 Å². The van der Waals surface area contributed by atoms with Crippen LogP contribution >= 0.6 is 0 Å². The second-order valence-corrected chi connectivity index (χ2v) is 6.78. The molecule has 1 aliphatic carbocycles. The van der Waals surface area contributed by atoms with Gasteiger partial charge in [-0.05, 0) is 52.4 Å². The van der Waals surface area contributed by atoms with Crippen molar-refractivity contribution < 1.29 is 9.47 Å². The third kappa shape index (κ3) is 4.22. The maximum absolute atomic E-state index is 5.76. The van der Waals surface area contributed by atoms with Crippen LogP contribution in [-0.4, -0.2) is 38.5 Å². The van der Waals surface area contributed by atoms with E-state index in [1.807, 2.05) is 7.11 Å². The molecule has 2 rings (SSSR count). The first kappa shape index (κ1) is 14.3. The predicted molar refractivity (Wildman–Crippen MR) is 73.8 cm³/mol. The standard InChI is InChI=1S/C15H29NO2/c1-14(2,17-3)8-9-15(7-4-10-18-12-15)11-16-13-5-6-13/h13,16H,4-12H2,1-3H3. The van der Waals surface area contributed by atoms with Crippen molar-refractivity contribution in [3.05, 3.63) is 0 Å². The van der Waals surface area contributed by atoms with Crippen LogP contribution in [0.5, 0.6) is 0 Å². The van der Waals surface area contributed by atoms with Crippen molar-refractivity contribution in [3.63, 3.8) is 0 Å². The Labute approximate surface area is 112 Å². The number of hydrogen-bond donors (Lipinski definition) is 1. The van der Waals surface area contributed by atoms with Gasteiger partial charge < -0.3 is 14.8 Å². The molecule has 1 unspecified atom stereocenters. The van der Waals surface area contributed by atoms with Crippen LogP contribution in [0.15, 0.2) is 0 Å². The fourth-order valence-electron chi connectivity index (χ4n) is 2.65. The molecule has 3 nitrogen and oxygen atoms in total. The van der Waals surface area contributed by atoms with Crippen LogP contribution < -0.4 is 5.32 Å². The monoisotopic (exact) mass is 255 g/mol. The third-order valence-electron chi connectivity index (χ3n) is 4.56. The summed E-state index contributed by atoms with van der Waals surface area (Å²) in [5.74, 6) is 0. The normalized spacial score (nSPS) is 29.5. The average molecular weight is 255 g/mol. The highest BCUT2D eigenvalue weighted by molar-refractivity contribution is 4.90. The minimum Gasteiger partial charge on any atom is -0.381 e. The smallest absolute Gasteiger partial charge is 0.0623 e. The summed E-state index contributed by atoms with van der Waals surface area (Å²) in [5, 5.41) is 3.70. The Kier molecular flexibility index (Phi) is 4.68. The Morgan fingerprint density at radius 1 is 1.39 bits per heavy atom. The summed E-state index contributed by atoms with van der Waals surface area (Å²) in [6, 6.07) is 0.791. The molecule has 1 N–H and O–H groups in total. The molecule has 1 saturated carbocycles. The van der Waals surface area contributed by atoms with E-state index in [1.54, 1.807) is 0 Å². The first-order valence-corrected chi connectivity index (χ1v) is 7.42. The minimum atomic E-state index is -0.00989. The topological polar surface area (TPSA) is 30.5 Å². The van der Waals surface area contributed by atoms with E-state index in [2.05, 4.69) is 19.2 Å². The largest absolute Gasteiger partial charge is 0.381 e. The molecule has 106 valence electrons. The zero-order valence-corrected chi connectivity index (χ0v) is 12.3. The molecule has 1 saturated heterocycles. The van der Waals surface area contributed by atoms with Gasteiger partial charge in [-0.3, -0.25) is 0 Å². The van der Waals surface area contributed by atoms with E-state index >= 15 is 0 Å². The van der Waals surface area contributed by atoms with Gasteiger partial charge in [-0.25, -0.2) is 0 Å². The van der Waals surface area contributed by atoms with Crippen LogP contribution in [0, 0.1) is 5.41 Å². The third-order valence-corrected chi connectivity index (χ3v) is 4.56. The molecule has 0 bridgehead atoms. The van der Waals surface area contributed by atoms with E-state index in [4.69, 9.17) is 9.47 Å². The summed E-state index contributed by atoms with van der Waals surface area (Å²) in [6.45, 7) is 7.35. The quantitative estimate of drug-likeness (QED) is 0.759. The summed E-state index contributed by atoms with van der Waals surface area (Å²) in [7, 11) is 1.81. The van der Waals surface area contributed by atoms with E-state index in [1.165, 1.54) is 32.1 Å². The molecule has 0 aromatic rings. The van der Waals surface area contributed by atoms with Crippen LogP contribution in [-0.2, 0) is 9.47 Å². The van der Waals surface area contributed by atoms with Crippen molar-refractivity contribution in [2.45, 2.75) is 64.0 Å². The van der Waals surface area contributed by atoms with Crippen LogP contribution in [0.25, 0.3) is 0 Å². The maximum Gasteiger partial charge on any atom is 0.0623 e. The second-order valence-electron chi connectivity index (χ2n) is 6.78. The molecule has 1 atom stereocenters. The lowest BCUT2D eigenvalue weighted by molar-refractivity contribution is -0.0388. The number of rotatable bonds is 7. The minimum absolute atomic E-state index is 0.00989. The molecule has 1 aliphatic heterocycles. The molecular formula is C15H29NO2. The highest BCUT2D eigenvalue weighted by Crippen LogP contribution is 2.36. The van der Waals surface area contributed by atoms with Crippen molar-refractivity contribution in [1.82, 2.24) is 5.32 Å². The van der Waals surface area contributed by atoms with Crippen molar-refractivity contribution in [3.8, 4) is 0 Å². The van der Waals surface area contributed by atoms with E-state index in [9.17, 15) is 0 Å². The Morgan fingerprint density at radius 2 is 2.17 bits per heavy atom. The molecular weight excluding hydrogens is 226 g/mol. The summed E-state index contributed by atoms with van der Waals surface area (Å²) >= 11 is 0. The van der Waals surface area contributed by atoms with Crippen molar-refractivity contribution in [1.29, 1.82) is 0 Å². The van der Waals surface area contributed by atoms with Crippen LogP contribution in [0.2, 0.25) is 0 Å². The highest BCUT2D eigenvalue weighted by atomic mass is 16.5. The van der Waals surface area contributed by atoms with Gasteiger partial charge in [0.1, 0.15) is 0 Å². The lowest BCUT2D eigenvalue weighted by atomic mass is 9.76. The lowest BCUT2D eigenvalue weighted by Crippen LogP contribution is -2.43. The Hall–Kier alpha value is -0.120. The van der Waals surface area contributed by atoms with Crippen LogP contribution in [0.4, 0.5) is 0 Å². The predicted octanol–water partition coefficient (Wildman–Crippen LogP) is 2.74. The van der Waals surface area contributed by atoms with Gasteiger partial charge in [0.05, 0.1) is 12.2 Å². The van der Waals surface area contributed by atoms with E-state index in [0.717, 1.165) is 32.2 Å². The summed E-state index contributed by atoms with van der Waals surface area (Å²) < 4.78 is 11.3. The van der Waals surface area contributed by atoms with Gasteiger partial charge in [-0.15, -0.1) is 0 Å². The fourth-order valence-corrected chi connectivity index (χ4v) is 2.65. The molecule has 0 radical (unpaired) electrons. The van der Waals surface area contributed by atoms with Crippen LogP contribution in [0.3, 0.4) is 0 Å². The molecule has 2 fully saturated rings. The molecule has 0 amide bonds. The number of methoxy groups -OCH3 is 1. The molecule has 3 heteroatoms. The number of hydrogen-bond acceptors (Lipinski definition) is 3. The van der Waals surface area contributed by atoms with Crippen molar-refractivity contribution >= 4 is 0 Å². The molecule has 0 spiro atoms. The Bertz CT molecular complexity index is 255. The van der Waals surface area contributed by atoms with Crippen molar-refractivity contribution in [2.75, 3.05) is 26.9 Å². The Morgan fingerprint density at radius 3 is 2.72 bits per heavy atom. The average Bonchev–Trinajstić information content (AvgIpc) is 3.20. The zero-order valence-electron chi connectivity index (χ0n) is 12.3. The maximum atomic E-state index is 5.76. The highest BCUT2D eigenvalue weighted by Gasteiger charge is 2.36. The molecule has 2 aliphatic rings. The molecule has 1 heterocycles. The van der Waals surface area contributed by atoms with Gasteiger partial charge in [0, 0.05) is 31.7 Å². The van der Waals surface area contributed by atoms with Crippen molar-refractivity contribution in [2.24, 2.45) is 5.41 Å². The molecule has 0 aromatic carbocycles. The first-order valence-electron chi connectivity index (χ1n) is 7.42. The second kappa shape index (κ2) is 5.89. The van der Waals surface area contributed by atoms with Gasteiger partial charge in [0.25, 0.3) is 0 Å². The van der Waals surface area contributed by atoms with Gasteiger partial charge >= 0.3 is 0 Å². The zero-order chi connectivity index (χ0) is 13.1. The molecule has 0 aromatic heterocycles. The van der Waals surface area contributed by atoms with Gasteiger partial charge in [-0.1, -0.05) is 0 Å². The molecule has 18 heavy (non-hydrogen) atoms. The lowest BCUT2D eigenvalue weighted by Gasteiger charge is -2.39. The summed E-state index contributed by atoms with van der Waals surface area (Å²) in [6.07, 6.45) is 7.54. The summed E-state index contributed by atoms with van der Waals surface area (Å²) in [4.78, 5) is 0. The SMILES string of the molecule is COC(C)(C)CCC1(CNC2CC2)CCCOC1. The Balaban J connectivity index is 1.86. The van der Waals surface area contributed by atoms with Crippen LogP contribution in [0.1, 0.15) is 52.4 Å².